The highest BCUT2D eigenvalue weighted by Crippen LogP contribution is 2.49. The second kappa shape index (κ2) is 5.42. The Hall–Kier alpha value is -0.520. The van der Waals surface area contributed by atoms with Crippen molar-refractivity contribution in [1.29, 1.82) is 0 Å². The third-order valence-electron chi connectivity index (χ3n) is 3.10. The van der Waals surface area contributed by atoms with Gasteiger partial charge in [-0.25, -0.2) is 0 Å². The Morgan fingerprint density at radius 3 is 2.65 bits per heavy atom. The highest BCUT2D eigenvalue weighted by molar-refractivity contribution is 8.46. The van der Waals surface area contributed by atoms with Crippen LogP contribution in [0.25, 0.3) is 0 Å². The Balaban J connectivity index is 2.52. The Morgan fingerprint density at radius 1 is 1.18 bits per heavy atom. The number of thiol groups is 1. The number of hydrogen-bond donors (Lipinski definition) is 1. The van der Waals surface area contributed by atoms with E-state index in [4.69, 9.17) is 0 Å². The molecule has 1 atom stereocenters. The van der Waals surface area contributed by atoms with Crippen molar-refractivity contribution < 1.29 is 0 Å². The minimum Gasteiger partial charge on any atom is -0.147 e. The number of rotatable bonds is 1. The third kappa shape index (κ3) is 3.24. The molecular weight excluding hydrogens is 243 g/mol. The van der Waals surface area contributed by atoms with E-state index < -0.39 is 0 Å². The van der Waals surface area contributed by atoms with Crippen molar-refractivity contribution in [3.05, 3.63) is 58.0 Å². The van der Waals surface area contributed by atoms with Crippen molar-refractivity contribution in [3.8, 4) is 0 Å². The van der Waals surface area contributed by atoms with Crippen LogP contribution in [0.3, 0.4) is 0 Å². The van der Waals surface area contributed by atoms with Crippen molar-refractivity contribution in [2.45, 2.75) is 26.7 Å². The molecule has 2 heteroatoms. The molecule has 0 radical (unpaired) electrons. The second-order valence-electron chi connectivity index (χ2n) is 4.79. The summed E-state index contributed by atoms with van der Waals surface area (Å²) in [6.45, 7) is 6.58. The van der Waals surface area contributed by atoms with E-state index in [0.29, 0.717) is 0 Å². The standard InChI is InChI=1S/C15H19PS/c1-11-5-4-6-13-9-14(7-11)8-12(2)15(10-13)16(3)17/h4-5,7-8,10,17H,6,9H2,1-3H3/b5-4-,11-7-. The van der Waals surface area contributed by atoms with Gasteiger partial charge < -0.3 is 0 Å². The van der Waals surface area contributed by atoms with Gasteiger partial charge in [-0.2, -0.15) is 0 Å². The molecule has 0 amide bonds. The summed E-state index contributed by atoms with van der Waals surface area (Å²) < 4.78 is 0. The van der Waals surface area contributed by atoms with Gasteiger partial charge in [-0.3, -0.25) is 0 Å². The molecule has 1 unspecified atom stereocenters. The monoisotopic (exact) mass is 262 g/mol. The molecule has 0 aliphatic heterocycles. The van der Waals surface area contributed by atoms with Crippen LogP contribution in [0.4, 0.5) is 0 Å². The summed E-state index contributed by atoms with van der Waals surface area (Å²) in [7, 11) is -0.319. The zero-order valence-electron chi connectivity index (χ0n) is 10.7. The minimum absolute atomic E-state index is 0.319. The largest absolute Gasteiger partial charge is 0.147 e. The van der Waals surface area contributed by atoms with Crippen molar-refractivity contribution in [2.75, 3.05) is 6.66 Å². The first kappa shape index (κ1) is 12.9. The Kier molecular flexibility index (Phi) is 4.12. The van der Waals surface area contributed by atoms with Gasteiger partial charge >= 0.3 is 0 Å². The van der Waals surface area contributed by atoms with Crippen molar-refractivity contribution >= 4 is 19.4 Å². The van der Waals surface area contributed by atoms with Gasteiger partial charge in [0.15, 0.2) is 0 Å². The molecule has 0 saturated heterocycles. The first-order valence-electron chi connectivity index (χ1n) is 5.94. The second-order valence-corrected chi connectivity index (χ2v) is 8.11. The van der Waals surface area contributed by atoms with E-state index in [0.717, 1.165) is 12.8 Å². The maximum Gasteiger partial charge on any atom is -0.00604 e. The molecule has 0 aromatic heterocycles. The van der Waals surface area contributed by atoms with Crippen LogP contribution in [0.5, 0.6) is 0 Å². The van der Waals surface area contributed by atoms with Gasteiger partial charge in [0.25, 0.3) is 0 Å². The zero-order valence-corrected chi connectivity index (χ0v) is 12.5. The predicted molar refractivity (Wildman–Crippen MR) is 82.8 cm³/mol. The average Bonchev–Trinajstić information content (AvgIpc) is 2.36. The highest BCUT2D eigenvalue weighted by atomic mass is 32.7. The lowest BCUT2D eigenvalue weighted by molar-refractivity contribution is 1.06. The van der Waals surface area contributed by atoms with Gasteiger partial charge in [0.05, 0.1) is 0 Å². The summed E-state index contributed by atoms with van der Waals surface area (Å²) in [6.07, 6.45) is 13.6. The van der Waals surface area contributed by atoms with Crippen LogP contribution in [0.1, 0.15) is 26.7 Å². The molecule has 17 heavy (non-hydrogen) atoms. The smallest absolute Gasteiger partial charge is 0.00604 e. The fourth-order valence-corrected chi connectivity index (χ4v) is 3.92. The van der Waals surface area contributed by atoms with Crippen molar-refractivity contribution in [2.24, 2.45) is 0 Å². The molecule has 2 aliphatic carbocycles. The van der Waals surface area contributed by atoms with Crippen LogP contribution in [-0.4, -0.2) is 6.66 Å². The first-order valence-corrected chi connectivity index (χ1v) is 8.89. The van der Waals surface area contributed by atoms with Crippen LogP contribution < -0.4 is 0 Å². The van der Waals surface area contributed by atoms with E-state index in [-0.39, 0.29) is 7.12 Å². The summed E-state index contributed by atoms with van der Waals surface area (Å²) in [5.41, 5.74) is 5.66. The van der Waals surface area contributed by atoms with Gasteiger partial charge in [-0.1, -0.05) is 41.5 Å². The molecule has 0 fully saturated rings. The topological polar surface area (TPSA) is 0 Å². The van der Waals surface area contributed by atoms with E-state index in [1.807, 2.05) is 0 Å². The molecule has 2 rings (SSSR count). The normalized spacial score (nSPS) is 26.9. The lowest BCUT2D eigenvalue weighted by atomic mass is 9.98. The van der Waals surface area contributed by atoms with Gasteiger partial charge in [0, 0.05) is 0 Å². The van der Waals surface area contributed by atoms with Gasteiger partial charge in [-0.05, 0) is 56.9 Å². The molecule has 0 spiro atoms. The van der Waals surface area contributed by atoms with E-state index >= 15 is 0 Å². The summed E-state index contributed by atoms with van der Waals surface area (Å²) in [6, 6.07) is 0. The summed E-state index contributed by atoms with van der Waals surface area (Å²) in [5, 5.41) is 1.43. The Morgan fingerprint density at radius 2 is 1.94 bits per heavy atom. The maximum atomic E-state index is 4.65. The molecule has 0 aromatic carbocycles. The summed E-state index contributed by atoms with van der Waals surface area (Å²) >= 11 is 4.65. The van der Waals surface area contributed by atoms with Gasteiger partial charge in [0.1, 0.15) is 0 Å². The van der Waals surface area contributed by atoms with E-state index in [2.05, 4.69) is 63.1 Å². The van der Waals surface area contributed by atoms with Crippen LogP contribution in [-0.2, 0) is 0 Å². The van der Waals surface area contributed by atoms with Crippen LogP contribution >= 0.6 is 19.4 Å². The van der Waals surface area contributed by atoms with Crippen LogP contribution in [0, 0.1) is 0 Å². The van der Waals surface area contributed by atoms with Crippen LogP contribution in [0.2, 0.25) is 0 Å². The van der Waals surface area contributed by atoms with Crippen molar-refractivity contribution in [1.82, 2.24) is 0 Å². The molecule has 0 heterocycles. The molecule has 2 bridgehead atoms. The van der Waals surface area contributed by atoms with E-state index in [9.17, 15) is 0 Å². The third-order valence-corrected chi connectivity index (χ3v) is 4.93. The minimum atomic E-state index is -0.319. The number of allylic oxidation sites excluding steroid dienone is 10. The van der Waals surface area contributed by atoms with Gasteiger partial charge in [-0.15, -0.1) is 12.2 Å². The molecule has 0 aromatic rings. The molecular formula is C15H19PS. The Bertz CT molecular complexity index is 473. The van der Waals surface area contributed by atoms with Crippen molar-refractivity contribution in [3.63, 3.8) is 0 Å². The molecule has 0 N–H and O–H groups in total. The lowest BCUT2D eigenvalue weighted by Gasteiger charge is -2.10. The molecule has 0 nitrogen and oxygen atoms in total. The van der Waals surface area contributed by atoms with E-state index in [1.165, 1.54) is 27.6 Å². The lowest BCUT2D eigenvalue weighted by Crippen LogP contribution is -1.89. The predicted octanol–water partition coefficient (Wildman–Crippen LogP) is 5.38. The molecule has 2 aliphatic rings. The summed E-state index contributed by atoms with van der Waals surface area (Å²) in [5.74, 6) is 0. The Labute approximate surface area is 111 Å². The number of fused-ring (bicyclic) bond motifs is 2. The number of hydrogen-bond acceptors (Lipinski definition) is 1. The fourth-order valence-electron chi connectivity index (χ4n) is 2.33. The van der Waals surface area contributed by atoms with Crippen LogP contribution in [0.15, 0.2) is 58.0 Å². The fraction of sp³-hybridized carbons (Fsp3) is 0.333. The SMILES string of the molecule is CC1=C(P(C)S)C=C2C/C=C\C(C)=C/C(=C1)C2. The quantitative estimate of drug-likeness (QED) is 0.476. The first-order chi connectivity index (χ1) is 8.06. The summed E-state index contributed by atoms with van der Waals surface area (Å²) in [4.78, 5) is 0. The maximum absolute atomic E-state index is 4.65. The zero-order chi connectivity index (χ0) is 12.4. The van der Waals surface area contributed by atoms with E-state index in [1.54, 1.807) is 0 Å². The molecule has 0 saturated carbocycles. The average molecular weight is 262 g/mol. The van der Waals surface area contributed by atoms with Gasteiger partial charge in [0.2, 0.25) is 0 Å². The highest BCUT2D eigenvalue weighted by Gasteiger charge is 2.12. The molecule has 90 valence electrons.